The predicted molar refractivity (Wildman–Crippen MR) is 128 cm³/mol. The molecule has 174 valence electrons. The number of ether oxygens (including phenoxy) is 1. The van der Waals surface area contributed by atoms with E-state index in [1.165, 1.54) is 0 Å². The first-order valence-electron chi connectivity index (χ1n) is 12.3. The molecule has 5 nitrogen and oxygen atoms in total. The van der Waals surface area contributed by atoms with Crippen LogP contribution in [0, 0.1) is 17.8 Å². The lowest BCUT2D eigenvalue weighted by Gasteiger charge is -2.36. The summed E-state index contributed by atoms with van der Waals surface area (Å²) in [5, 5.41) is 0. The Morgan fingerprint density at radius 3 is 2.15 bits per heavy atom. The number of hydrogen-bond acceptors (Lipinski definition) is 3. The van der Waals surface area contributed by atoms with E-state index in [1.807, 2.05) is 53.4 Å². The lowest BCUT2D eigenvalue weighted by molar-refractivity contribution is -0.133. The van der Waals surface area contributed by atoms with E-state index in [-0.39, 0.29) is 11.3 Å². The monoisotopic (exact) mass is 446 g/mol. The topological polar surface area (TPSA) is 49.9 Å². The van der Waals surface area contributed by atoms with Gasteiger partial charge in [-0.2, -0.15) is 0 Å². The summed E-state index contributed by atoms with van der Waals surface area (Å²) >= 11 is 0. The summed E-state index contributed by atoms with van der Waals surface area (Å²) in [7, 11) is 0. The maximum absolute atomic E-state index is 13.8. The van der Waals surface area contributed by atoms with E-state index in [0.29, 0.717) is 30.3 Å². The maximum atomic E-state index is 13.8. The molecule has 0 N–H and O–H groups in total. The van der Waals surface area contributed by atoms with Gasteiger partial charge in [-0.1, -0.05) is 48.5 Å². The van der Waals surface area contributed by atoms with Crippen molar-refractivity contribution in [3.05, 3.63) is 66.2 Å². The molecule has 1 saturated carbocycles. The predicted octanol–water partition coefficient (Wildman–Crippen LogP) is 4.13. The smallest absolute Gasteiger partial charge is 0.233 e. The van der Waals surface area contributed by atoms with Gasteiger partial charge in [0.1, 0.15) is 5.75 Å². The molecule has 2 aromatic carbocycles. The van der Waals surface area contributed by atoms with Gasteiger partial charge in [0.15, 0.2) is 0 Å². The summed E-state index contributed by atoms with van der Waals surface area (Å²) in [6, 6.07) is 20.3. The molecular weight excluding hydrogens is 412 g/mol. The van der Waals surface area contributed by atoms with Crippen LogP contribution in [0.15, 0.2) is 60.7 Å². The molecule has 0 spiro atoms. The van der Waals surface area contributed by atoms with E-state index in [9.17, 15) is 9.59 Å². The number of rotatable bonds is 6. The van der Waals surface area contributed by atoms with E-state index in [4.69, 9.17) is 4.74 Å². The van der Waals surface area contributed by atoms with Crippen LogP contribution in [-0.2, 0) is 15.0 Å². The molecule has 0 bridgehead atoms. The molecular formula is C28H34N2O3. The molecule has 33 heavy (non-hydrogen) atoms. The number of para-hydroxylation sites is 1. The zero-order chi connectivity index (χ0) is 22.8. The van der Waals surface area contributed by atoms with Crippen molar-refractivity contribution in [3.63, 3.8) is 0 Å². The SMILES string of the molecule is CC(=O)N1CCC(C2CN(C(=O)C3(c4ccccc4)CC3)CC2COc2ccccc2)CC1. The van der Waals surface area contributed by atoms with Gasteiger partial charge >= 0.3 is 0 Å². The second kappa shape index (κ2) is 9.20. The van der Waals surface area contributed by atoms with Gasteiger partial charge in [0.05, 0.1) is 12.0 Å². The zero-order valence-corrected chi connectivity index (χ0v) is 19.5. The number of carbonyl (C=O) groups excluding carboxylic acids is 2. The molecule has 2 heterocycles. The fourth-order valence-corrected chi connectivity index (χ4v) is 5.95. The van der Waals surface area contributed by atoms with Gasteiger partial charge in [0, 0.05) is 39.0 Å². The van der Waals surface area contributed by atoms with Crippen molar-refractivity contribution < 1.29 is 14.3 Å². The molecule has 2 amide bonds. The molecule has 2 atom stereocenters. The van der Waals surface area contributed by atoms with E-state index >= 15 is 0 Å². The van der Waals surface area contributed by atoms with Gasteiger partial charge in [-0.05, 0) is 55.2 Å². The Hall–Kier alpha value is -2.82. The average molecular weight is 447 g/mol. The number of benzene rings is 2. The number of nitrogens with zero attached hydrogens (tertiary/aromatic N) is 2. The van der Waals surface area contributed by atoms with E-state index in [0.717, 1.165) is 63.2 Å². The number of carbonyl (C=O) groups is 2. The van der Waals surface area contributed by atoms with Crippen molar-refractivity contribution in [1.82, 2.24) is 9.80 Å². The number of amides is 2. The first kappa shape index (κ1) is 22.0. The molecule has 0 aromatic heterocycles. The zero-order valence-electron chi connectivity index (χ0n) is 19.5. The Balaban J connectivity index is 1.31. The highest BCUT2D eigenvalue weighted by atomic mass is 16.5. The van der Waals surface area contributed by atoms with Crippen LogP contribution in [0.2, 0.25) is 0 Å². The third kappa shape index (κ3) is 4.50. The molecule has 2 unspecified atom stereocenters. The molecule has 2 aromatic rings. The first-order chi connectivity index (χ1) is 16.1. The lowest BCUT2D eigenvalue weighted by atomic mass is 9.78. The highest BCUT2D eigenvalue weighted by molar-refractivity contribution is 5.91. The van der Waals surface area contributed by atoms with Crippen LogP contribution in [0.25, 0.3) is 0 Å². The minimum atomic E-state index is -0.320. The number of hydrogen-bond donors (Lipinski definition) is 0. The summed E-state index contributed by atoms with van der Waals surface area (Å²) in [5.74, 6) is 2.60. The molecule has 1 aliphatic carbocycles. The number of piperidine rings is 1. The molecule has 3 aliphatic rings. The van der Waals surface area contributed by atoms with Crippen LogP contribution in [0.1, 0.15) is 38.2 Å². The Labute approximate surface area is 196 Å². The van der Waals surface area contributed by atoms with Crippen LogP contribution in [-0.4, -0.2) is 54.4 Å². The van der Waals surface area contributed by atoms with Crippen molar-refractivity contribution in [2.45, 2.75) is 38.0 Å². The molecule has 0 radical (unpaired) electrons. The van der Waals surface area contributed by atoms with E-state index in [2.05, 4.69) is 17.0 Å². The molecule has 5 rings (SSSR count). The summed E-state index contributed by atoms with van der Waals surface area (Å²) < 4.78 is 6.18. The normalized spacial score (nSPS) is 24.5. The molecule has 5 heteroatoms. The van der Waals surface area contributed by atoms with Crippen LogP contribution < -0.4 is 4.74 Å². The highest BCUT2D eigenvalue weighted by Gasteiger charge is 2.55. The minimum Gasteiger partial charge on any atom is -0.493 e. The quantitative estimate of drug-likeness (QED) is 0.670. The van der Waals surface area contributed by atoms with E-state index < -0.39 is 0 Å². The lowest BCUT2D eigenvalue weighted by Crippen LogP contribution is -2.41. The first-order valence-corrected chi connectivity index (χ1v) is 12.3. The standard InChI is InChI=1S/C28H34N2O3/c1-21(31)29-16-12-22(13-17-29)26-19-30(18-23(26)20-33-25-10-6-3-7-11-25)27(32)28(14-15-28)24-8-4-2-5-9-24/h2-11,22-23,26H,12-20H2,1H3. The summed E-state index contributed by atoms with van der Waals surface area (Å²) in [5.41, 5.74) is 0.837. The van der Waals surface area contributed by atoms with E-state index in [1.54, 1.807) is 6.92 Å². The Kier molecular flexibility index (Phi) is 6.13. The summed E-state index contributed by atoms with van der Waals surface area (Å²) in [6.45, 7) is 5.50. The fraction of sp³-hybridized carbons (Fsp3) is 0.500. The van der Waals surface area contributed by atoms with Crippen LogP contribution in [0.5, 0.6) is 5.75 Å². The van der Waals surface area contributed by atoms with Crippen molar-refractivity contribution >= 4 is 11.8 Å². The Morgan fingerprint density at radius 1 is 0.909 bits per heavy atom. The van der Waals surface area contributed by atoms with Crippen molar-refractivity contribution in [2.75, 3.05) is 32.8 Å². The van der Waals surface area contributed by atoms with Gasteiger partial charge in [-0.3, -0.25) is 9.59 Å². The van der Waals surface area contributed by atoms with Gasteiger partial charge in [0.2, 0.25) is 11.8 Å². The number of likely N-dealkylation sites (tertiary alicyclic amines) is 2. The Bertz CT molecular complexity index is 965. The molecule has 2 aliphatic heterocycles. The van der Waals surface area contributed by atoms with Crippen molar-refractivity contribution in [2.24, 2.45) is 17.8 Å². The van der Waals surface area contributed by atoms with Crippen molar-refractivity contribution in [3.8, 4) is 5.75 Å². The minimum absolute atomic E-state index is 0.166. The molecule has 3 fully saturated rings. The van der Waals surface area contributed by atoms with Crippen LogP contribution >= 0.6 is 0 Å². The summed E-state index contributed by atoms with van der Waals surface area (Å²) in [6.07, 6.45) is 3.91. The second-order valence-corrected chi connectivity index (χ2v) is 10.0. The fourth-order valence-electron chi connectivity index (χ4n) is 5.95. The second-order valence-electron chi connectivity index (χ2n) is 10.0. The van der Waals surface area contributed by atoms with Gasteiger partial charge in [0.25, 0.3) is 0 Å². The van der Waals surface area contributed by atoms with Crippen molar-refractivity contribution in [1.29, 1.82) is 0 Å². The molecule has 2 saturated heterocycles. The average Bonchev–Trinajstić information content (AvgIpc) is 3.57. The maximum Gasteiger partial charge on any atom is 0.233 e. The third-order valence-corrected chi connectivity index (χ3v) is 8.06. The largest absolute Gasteiger partial charge is 0.493 e. The van der Waals surface area contributed by atoms with Crippen LogP contribution in [0.3, 0.4) is 0 Å². The summed E-state index contributed by atoms with van der Waals surface area (Å²) in [4.78, 5) is 29.6. The third-order valence-electron chi connectivity index (χ3n) is 8.06. The van der Waals surface area contributed by atoms with Gasteiger partial charge < -0.3 is 14.5 Å². The highest BCUT2D eigenvalue weighted by Crippen LogP contribution is 2.51. The van der Waals surface area contributed by atoms with Crippen LogP contribution in [0.4, 0.5) is 0 Å². The van der Waals surface area contributed by atoms with Gasteiger partial charge in [-0.25, -0.2) is 0 Å². The Morgan fingerprint density at radius 2 is 1.55 bits per heavy atom. The van der Waals surface area contributed by atoms with Gasteiger partial charge in [-0.15, -0.1) is 0 Å².